The van der Waals surface area contributed by atoms with Crippen LogP contribution in [-0.4, -0.2) is 31.1 Å². The van der Waals surface area contributed by atoms with Crippen LogP contribution in [0.5, 0.6) is 5.75 Å². The molecule has 0 fully saturated rings. The third kappa shape index (κ3) is 2.78. The van der Waals surface area contributed by atoms with Crippen LogP contribution in [0, 0.1) is 20.2 Å². The SMILES string of the molecule is O=C(Nc1ccc([N+](=O)[O-])cc1O)c1n[nH]c([N+](=O)[O-])c1Cl. The number of nitrogens with one attached hydrogen (secondary N) is 2. The zero-order valence-corrected chi connectivity index (χ0v) is 11.2. The molecule has 1 amide bonds. The summed E-state index contributed by atoms with van der Waals surface area (Å²) in [6.45, 7) is 0. The number of phenolic OH excluding ortho intramolecular Hbond substituents is 1. The Morgan fingerprint density at radius 2 is 2.00 bits per heavy atom. The van der Waals surface area contributed by atoms with Crippen LogP contribution in [0.3, 0.4) is 0 Å². The van der Waals surface area contributed by atoms with E-state index in [-0.39, 0.29) is 11.4 Å². The lowest BCUT2D eigenvalue weighted by atomic mass is 10.2. The number of rotatable bonds is 4. The molecule has 11 nitrogen and oxygen atoms in total. The Kier molecular flexibility index (Phi) is 3.90. The highest BCUT2D eigenvalue weighted by atomic mass is 35.5. The average molecular weight is 328 g/mol. The number of hydrogen-bond acceptors (Lipinski definition) is 7. The minimum Gasteiger partial charge on any atom is -0.506 e. The normalized spacial score (nSPS) is 10.2. The Hall–Kier alpha value is -3.21. The Bertz CT molecular complexity index is 788. The summed E-state index contributed by atoms with van der Waals surface area (Å²) in [6, 6.07) is 2.99. The smallest absolute Gasteiger partial charge is 0.362 e. The van der Waals surface area contributed by atoms with Crippen molar-refractivity contribution in [3.63, 3.8) is 0 Å². The molecule has 12 heteroatoms. The average Bonchev–Trinajstić information content (AvgIpc) is 2.82. The Labute approximate surface area is 125 Å². The van der Waals surface area contributed by atoms with Crippen molar-refractivity contribution in [1.82, 2.24) is 10.2 Å². The number of aromatic hydroxyl groups is 1. The van der Waals surface area contributed by atoms with Gasteiger partial charge >= 0.3 is 5.82 Å². The number of halogens is 1. The molecular weight excluding hydrogens is 322 g/mol. The van der Waals surface area contributed by atoms with Crippen LogP contribution < -0.4 is 5.32 Å². The van der Waals surface area contributed by atoms with Gasteiger partial charge in [0.2, 0.25) is 0 Å². The van der Waals surface area contributed by atoms with Crippen LogP contribution >= 0.6 is 11.6 Å². The molecule has 114 valence electrons. The maximum atomic E-state index is 11.9. The van der Waals surface area contributed by atoms with Crippen molar-refractivity contribution in [2.75, 3.05) is 5.32 Å². The lowest BCUT2D eigenvalue weighted by Crippen LogP contribution is -2.13. The third-order valence-electron chi connectivity index (χ3n) is 2.53. The first-order chi connectivity index (χ1) is 10.3. The number of nitro groups is 2. The molecular formula is C10H6ClN5O6. The number of non-ortho nitro benzene ring substituents is 1. The molecule has 0 bridgehead atoms. The van der Waals surface area contributed by atoms with Crippen molar-refractivity contribution in [3.8, 4) is 5.75 Å². The Balaban J connectivity index is 2.26. The zero-order chi connectivity index (χ0) is 16.4. The first-order valence-corrected chi connectivity index (χ1v) is 5.86. The van der Waals surface area contributed by atoms with Gasteiger partial charge in [0.05, 0.1) is 16.7 Å². The Morgan fingerprint density at radius 1 is 1.32 bits per heavy atom. The van der Waals surface area contributed by atoms with Gasteiger partial charge in [-0.3, -0.25) is 14.9 Å². The van der Waals surface area contributed by atoms with Gasteiger partial charge in [-0.1, -0.05) is 16.7 Å². The van der Waals surface area contributed by atoms with Gasteiger partial charge < -0.3 is 20.5 Å². The second-order valence-electron chi connectivity index (χ2n) is 3.90. The predicted octanol–water partition coefficient (Wildman–Crippen LogP) is 1.84. The molecule has 1 aromatic heterocycles. The van der Waals surface area contributed by atoms with Gasteiger partial charge in [-0.2, -0.15) is 0 Å². The first kappa shape index (κ1) is 15.2. The van der Waals surface area contributed by atoms with Crippen molar-refractivity contribution >= 4 is 34.7 Å². The number of hydrogen-bond donors (Lipinski definition) is 3. The highest BCUT2D eigenvalue weighted by molar-refractivity contribution is 6.35. The van der Waals surface area contributed by atoms with E-state index in [1.165, 1.54) is 0 Å². The highest BCUT2D eigenvalue weighted by Gasteiger charge is 2.25. The van der Waals surface area contributed by atoms with Crippen LogP contribution in [-0.2, 0) is 0 Å². The molecule has 0 unspecified atom stereocenters. The second kappa shape index (κ2) is 5.65. The number of aromatic amines is 1. The molecule has 0 spiro atoms. The van der Waals surface area contributed by atoms with Crippen LogP contribution in [0.1, 0.15) is 10.5 Å². The maximum absolute atomic E-state index is 11.9. The molecule has 2 rings (SSSR count). The summed E-state index contributed by atoms with van der Waals surface area (Å²) in [5, 5.41) is 37.8. The number of anilines is 1. The molecule has 0 saturated carbocycles. The van der Waals surface area contributed by atoms with E-state index in [9.17, 15) is 30.1 Å². The van der Waals surface area contributed by atoms with Crippen LogP contribution in [0.2, 0.25) is 5.02 Å². The molecule has 3 N–H and O–H groups in total. The molecule has 0 aliphatic carbocycles. The summed E-state index contributed by atoms with van der Waals surface area (Å²) in [6.07, 6.45) is 0. The van der Waals surface area contributed by atoms with E-state index in [0.717, 1.165) is 18.2 Å². The number of nitro benzene ring substituents is 1. The van der Waals surface area contributed by atoms with E-state index < -0.39 is 38.0 Å². The highest BCUT2D eigenvalue weighted by Crippen LogP contribution is 2.30. The predicted molar refractivity (Wildman–Crippen MR) is 73.0 cm³/mol. The quantitative estimate of drug-likeness (QED) is 0.437. The molecule has 0 radical (unpaired) electrons. The van der Waals surface area contributed by atoms with Crippen molar-refractivity contribution in [3.05, 3.63) is 49.1 Å². The number of phenols is 1. The minimum atomic E-state index is -0.932. The molecule has 22 heavy (non-hydrogen) atoms. The van der Waals surface area contributed by atoms with Crippen LogP contribution in [0.25, 0.3) is 0 Å². The van der Waals surface area contributed by atoms with E-state index in [0.29, 0.717) is 0 Å². The molecule has 1 aromatic carbocycles. The number of aromatic nitrogens is 2. The minimum absolute atomic E-state index is 0.141. The Morgan fingerprint density at radius 3 is 2.50 bits per heavy atom. The van der Waals surface area contributed by atoms with Crippen LogP contribution in [0.15, 0.2) is 18.2 Å². The van der Waals surface area contributed by atoms with E-state index in [1.807, 2.05) is 5.10 Å². The lowest BCUT2D eigenvalue weighted by Gasteiger charge is -2.05. The molecule has 2 aromatic rings. The van der Waals surface area contributed by atoms with Gasteiger partial charge in [-0.15, -0.1) is 5.10 Å². The lowest BCUT2D eigenvalue weighted by molar-refractivity contribution is -0.389. The monoisotopic (exact) mass is 327 g/mol. The molecule has 1 heterocycles. The standard InChI is InChI=1S/C10H6ClN5O6/c11-7-8(13-14-9(7)16(21)22)10(18)12-5-2-1-4(15(19)20)3-6(5)17/h1-3,17H,(H,12,18)(H,13,14). The number of carbonyl (C=O) groups excluding carboxylic acids is 1. The van der Waals surface area contributed by atoms with E-state index >= 15 is 0 Å². The van der Waals surface area contributed by atoms with Gasteiger partial charge in [0.25, 0.3) is 11.6 Å². The van der Waals surface area contributed by atoms with Crippen molar-refractivity contribution in [2.45, 2.75) is 0 Å². The second-order valence-corrected chi connectivity index (χ2v) is 4.28. The van der Waals surface area contributed by atoms with Crippen molar-refractivity contribution in [1.29, 1.82) is 0 Å². The van der Waals surface area contributed by atoms with E-state index in [4.69, 9.17) is 11.6 Å². The zero-order valence-electron chi connectivity index (χ0n) is 10.4. The number of H-pyrrole nitrogens is 1. The fourth-order valence-corrected chi connectivity index (χ4v) is 1.75. The number of amides is 1. The van der Waals surface area contributed by atoms with Gasteiger partial charge in [-0.05, 0) is 11.0 Å². The van der Waals surface area contributed by atoms with Gasteiger partial charge in [0.1, 0.15) is 5.75 Å². The summed E-state index contributed by atoms with van der Waals surface area (Å²) in [5.74, 6) is -2.14. The number of carbonyl (C=O) groups is 1. The van der Waals surface area contributed by atoms with E-state index in [1.54, 1.807) is 0 Å². The van der Waals surface area contributed by atoms with Gasteiger partial charge in [0, 0.05) is 6.07 Å². The number of nitrogens with zero attached hydrogens (tertiary/aromatic N) is 3. The van der Waals surface area contributed by atoms with Gasteiger partial charge in [0.15, 0.2) is 10.7 Å². The summed E-state index contributed by atoms with van der Waals surface area (Å²) in [4.78, 5) is 31.4. The third-order valence-corrected chi connectivity index (χ3v) is 2.89. The fraction of sp³-hybridized carbons (Fsp3) is 0. The molecule has 0 aliphatic rings. The fourth-order valence-electron chi connectivity index (χ4n) is 1.51. The van der Waals surface area contributed by atoms with Crippen molar-refractivity contribution in [2.24, 2.45) is 0 Å². The van der Waals surface area contributed by atoms with Crippen molar-refractivity contribution < 1.29 is 19.7 Å². The molecule has 0 atom stereocenters. The summed E-state index contributed by atoms with van der Waals surface area (Å²) < 4.78 is 0. The topological polar surface area (TPSA) is 164 Å². The summed E-state index contributed by atoms with van der Waals surface area (Å²) >= 11 is 5.64. The number of benzene rings is 1. The van der Waals surface area contributed by atoms with E-state index in [2.05, 4.69) is 10.4 Å². The van der Waals surface area contributed by atoms with Crippen LogP contribution in [0.4, 0.5) is 17.2 Å². The first-order valence-electron chi connectivity index (χ1n) is 5.48. The summed E-state index contributed by atoms with van der Waals surface area (Å²) in [5.41, 5.74) is -0.965. The molecule has 0 saturated heterocycles. The molecule has 0 aliphatic heterocycles. The summed E-state index contributed by atoms with van der Waals surface area (Å²) in [7, 11) is 0. The van der Waals surface area contributed by atoms with Gasteiger partial charge in [-0.25, -0.2) is 0 Å². The maximum Gasteiger partial charge on any atom is 0.362 e. The largest absolute Gasteiger partial charge is 0.506 e.